The van der Waals surface area contributed by atoms with Crippen molar-refractivity contribution in [3.05, 3.63) is 62.8 Å². The Morgan fingerprint density at radius 2 is 1.94 bits per heavy atom. The minimum atomic E-state index is -0.141. The summed E-state index contributed by atoms with van der Waals surface area (Å²) in [6.45, 7) is 1.28. The van der Waals surface area contributed by atoms with Crippen LogP contribution in [0.3, 0.4) is 0 Å². The lowest BCUT2D eigenvalue weighted by molar-refractivity contribution is -0.131. The maximum Gasteiger partial charge on any atom is 0.251 e. The zero-order valence-electron chi connectivity index (χ0n) is 17.6. The molecule has 31 heavy (non-hydrogen) atoms. The van der Waals surface area contributed by atoms with E-state index in [2.05, 4.69) is 4.98 Å². The van der Waals surface area contributed by atoms with Gasteiger partial charge in [0.25, 0.3) is 5.56 Å². The van der Waals surface area contributed by atoms with Crippen LogP contribution in [0.5, 0.6) is 11.5 Å². The van der Waals surface area contributed by atoms with E-state index < -0.39 is 0 Å². The molecule has 0 spiro atoms. The maximum absolute atomic E-state index is 12.8. The molecule has 1 saturated heterocycles. The normalized spacial score (nSPS) is 14.5. The van der Waals surface area contributed by atoms with Crippen LogP contribution in [0.4, 0.5) is 0 Å². The Kier molecular flexibility index (Phi) is 6.36. The molecule has 0 bridgehead atoms. The number of H-pyrrole nitrogens is 1. The number of ether oxygens (including phenoxy) is 2. The van der Waals surface area contributed by atoms with E-state index in [4.69, 9.17) is 14.5 Å². The molecule has 1 amide bonds. The molecule has 1 N–H and O–H groups in total. The Morgan fingerprint density at radius 3 is 2.61 bits per heavy atom. The second-order valence-corrected chi connectivity index (χ2v) is 8.33. The predicted molar refractivity (Wildman–Crippen MR) is 120 cm³/mol. The molecule has 4 rings (SSSR count). The monoisotopic (exact) mass is 439 g/mol. The van der Waals surface area contributed by atoms with E-state index in [0.717, 1.165) is 24.0 Å². The molecule has 0 radical (unpaired) electrons. The predicted octanol–water partition coefficient (Wildman–Crippen LogP) is 3.46. The van der Waals surface area contributed by atoms with Crippen LogP contribution in [0.1, 0.15) is 30.1 Å². The van der Waals surface area contributed by atoms with Gasteiger partial charge in [-0.25, -0.2) is 4.98 Å². The summed E-state index contributed by atoms with van der Waals surface area (Å²) in [5.41, 5.74) is 2.41. The standard InChI is InChI=1S/C23H25N3O4S/c1-29-19-4-3-15(11-20(19)30-2)12-22(28)26-8-5-16(6-9-26)23-24-18(13-21(27)25-23)17-7-10-31-14-17/h3-4,7,10-11,13-14,16H,5-6,8-9,12H2,1-2H3,(H,24,25,27). The molecule has 0 saturated carbocycles. The molecule has 1 aliphatic heterocycles. The maximum atomic E-state index is 12.8. The van der Waals surface area contributed by atoms with Gasteiger partial charge >= 0.3 is 0 Å². The minimum Gasteiger partial charge on any atom is -0.493 e. The van der Waals surface area contributed by atoms with E-state index in [1.807, 2.05) is 39.9 Å². The lowest BCUT2D eigenvalue weighted by Crippen LogP contribution is -2.39. The van der Waals surface area contributed by atoms with Crippen molar-refractivity contribution >= 4 is 17.2 Å². The van der Waals surface area contributed by atoms with Crippen LogP contribution < -0.4 is 15.0 Å². The van der Waals surface area contributed by atoms with E-state index >= 15 is 0 Å². The topological polar surface area (TPSA) is 84.5 Å². The third-order valence-electron chi connectivity index (χ3n) is 5.61. The zero-order valence-corrected chi connectivity index (χ0v) is 18.4. The first kappa shape index (κ1) is 21.1. The van der Waals surface area contributed by atoms with Crippen LogP contribution in [0.2, 0.25) is 0 Å². The molecule has 3 heterocycles. The molecule has 162 valence electrons. The van der Waals surface area contributed by atoms with Gasteiger partial charge in [-0.2, -0.15) is 11.3 Å². The third kappa shape index (κ3) is 4.80. The first-order chi connectivity index (χ1) is 15.1. The fourth-order valence-electron chi connectivity index (χ4n) is 3.91. The third-order valence-corrected chi connectivity index (χ3v) is 6.30. The summed E-state index contributed by atoms with van der Waals surface area (Å²) in [4.78, 5) is 34.4. The number of nitrogens with zero attached hydrogens (tertiary/aromatic N) is 2. The van der Waals surface area contributed by atoms with Gasteiger partial charge in [0.05, 0.1) is 26.3 Å². The number of piperidine rings is 1. The summed E-state index contributed by atoms with van der Waals surface area (Å²) in [6, 6.07) is 9.04. The Labute approximate surface area is 184 Å². The van der Waals surface area contributed by atoms with Crippen LogP contribution in [-0.2, 0) is 11.2 Å². The molecular formula is C23H25N3O4S. The molecule has 1 fully saturated rings. The summed E-state index contributed by atoms with van der Waals surface area (Å²) in [5.74, 6) is 2.19. The SMILES string of the molecule is COc1ccc(CC(=O)N2CCC(c3nc(-c4ccsc4)cc(=O)[nH]3)CC2)cc1OC. The fraction of sp³-hybridized carbons (Fsp3) is 0.348. The van der Waals surface area contributed by atoms with Crippen LogP contribution in [0, 0.1) is 0 Å². The summed E-state index contributed by atoms with van der Waals surface area (Å²) >= 11 is 1.58. The highest BCUT2D eigenvalue weighted by molar-refractivity contribution is 7.08. The van der Waals surface area contributed by atoms with E-state index in [1.54, 1.807) is 25.6 Å². The number of benzene rings is 1. The number of nitrogens with one attached hydrogen (secondary N) is 1. The van der Waals surface area contributed by atoms with Gasteiger partial charge in [-0.3, -0.25) is 9.59 Å². The van der Waals surface area contributed by atoms with Crippen LogP contribution >= 0.6 is 11.3 Å². The highest BCUT2D eigenvalue weighted by Crippen LogP contribution is 2.29. The van der Waals surface area contributed by atoms with Gasteiger partial charge in [0.2, 0.25) is 5.91 Å². The number of amides is 1. The van der Waals surface area contributed by atoms with Crippen molar-refractivity contribution in [2.75, 3.05) is 27.3 Å². The van der Waals surface area contributed by atoms with Crippen molar-refractivity contribution in [2.24, 2.45) is 0 Å². The van der Waals surface area contributed by atoms with Crippen molar-refractivity contribution < 1.29 is 14.3 Å². The van der Waals surface area contributed by atoms with Crippen molar-refractivity contribution in [1.29, 1.82) is 0 Å². The number of aromatic nitrogens is 2. The Bertz CT molecular complexity index is 1100. The van der Waals surface area contributed by atoms with Gasteiger partial charge in [-0.15, -0.1) is 0 Å². The second-order valence-electron chi connectivity index (χ2n) is 7.55. The van der Waals surface area contributed by atoms with E-state index in [-0.39, 0.29) is 17.4 Å². The first-order valence-corrected chi connectivity index (χ1v) is 11.1. The molecule has 0 unspecified atom stereocenters. The van der Waals surface area contributed by atoms with Gasteiger partial charge in [0.15, 0.2) is 11.5 Å². The first-order valence-electron chi connectivity index (χ1n) is 10.2. The average Bonchev–Trinajstić information content (AvgIpc) is 3.34. The van der Waals surface area contributed by atoms with E-state index in [0.29, 0.717) is 42.5 Å². The number of hydrogen-bond acceptors (Lipinski definition) is 6. The number of hydrogen-bond donors (Lipinski definition) is 1. The van der Waals surface area contributed by atoms with Crippen molar-refractivity contribution in [3.63, 3.8) is 0 Å². The number of carbonyl (C=O) groups excluding carboxylic acids is 1. The van der Waals surface area contributed by atoms with Crippen molar-refractivity contribution in [1.82, 2.24) is 14.9 Å². The van der Waals surface area contributed by atoms with E-state index in [1.165, 1.54) is 6.07 Å². The van der Waals surface area contributed by atoms with Crippen LogP contribution in [-0.4, -0.2) is 48.1 Å². The summed E-state index contributed by atoms with van der Waals surface area (Å²) in [5, 5.41) is 3.96. The molecular weight excluding hydrogens is 414 g/mol. The summed E-state index contributed by atoms with van der Waals surface area (Å²) in [6.07, 6.45) is 1.86. The van der Waals surface area contributed by atoms with Crippen LogP contribution in [0.15, 0.2) is 45.9 Å². The number of rotatable bonds is 6. The highest BCUT2D eigenvalue weighted by atomic mass is 32.1. The lowest BCUT2D eigenvalue weighted by atomic mass is 9.95. The molecule has 3 aromatic rings. The van der Waals surface area contributed by atoms with Gasteiger partial charge in [0, 0.05) is 36.0 Å². The number of methoxy groups -OCH3 is 2. The number of carbonyl (C=O) groups is 1. The Balaban J connectivity index is 1.40. The van der Waals surface area contributed by atoms with Gasteiger partial charge < -0.3 is 19.4 Å². The molecule has 1 aliphatic rings. The quantitative estimate of drug-likeness (QED) is 0.636. The van der Waals surface area contributed by atoms with Gasteiger partial charge in [0.1, 0.15) is 5.82 Å². The van der Waals surface area contributed by atoms with Crippen molar-refractivity contribution in [3.8, 4) is 22.8 Å². The molecule has 2 aromatic heterocycles. The highest BCUT2D eigenvalue weighted by Gasteiger charge is 2.26. The van der Waals surface area contributed by atoms with Gasteiger partial charge in [-0.1, -0.05) is 6.07 Å². The Morgan fingerprint density at radius 1 is 1.16 bits per heavy atom. The summed E-state index contributed by atoms with van der Waals surface area (Å²) < 4.78 is 10.6. The minimum absolute atomic E-state index is 0.0825. The molecule has 1 aromatic carbocycles. The molecule has 8 heteroatoms. The lowest BCUT2D eigenvalue weighted by Gasteiger charge is -2.31. The number of aromatic amines is 1. The Hall–Kier alpha value is -3.13. The molecule has 0 aliphatic carbocycles. The average molecular weight is 440 g/mol. The van der Waals surface area contributed by atoms with Gasteiger partial charge in [-0.05, 0) is 42.0 Å². The van der Waals surface area contributed by atoms with Crippen LogP contribution in [0.25, 0.3) is 11.3 Å². The number of thiophene rings is 1. The zero-order chi connectivity index (χ0) is 21.8. The fourth-order valence-corrected chi connectivity index (χ4v) is 4.56. The molecule has 0 atom stereocenters. The smallest absolute Gasteiger partial charge is 0.251 e. The summed E-state index contributed by atoms with van der Waals surface area (Å²) in [7, 11) is 3.17. The second kappa shape index (κ2) is 9.34. The largest absolute Gasteiger partial charge is 0.493 e. The van der Waals surface area contributed by atoms with Crippen molar-refractivity contribution in [2.45, 2.75) is 25.2 Å². The molecule has 7 nitrogen and oxygen atoms in total. The van der Waals surface area contributed by atoms with E-state index in [9.17, 15) is 9.59 Å². The number of likely N-dealkylation sites (tertiary alicyclic amines) is 1.